The summed E-state index contributed by atoms with van der Waals surface area (Å²) in [5, 5.41) is 16.3. The minimum atomic E-state index is -0.00335. The topological polar surface area (TPSA) is 77.0 Å². The highest BCUT2D eigenvalue weighted by Gasteiger charge is 2.15. The molecule has 150 valence electrons. The number of aliphatic hydroxyl groups excluding tert-OH is 1. The molecule has 1 aromatic rings. The highest BCUT2D eigenvalue weighted by atomic mass is 16.3. The van der Waals surface area contributed by atoms with E-state index in [2.05, 4.69) is 15.6 Å². The monoisotopic (exact) mass is 374 g/mol. The molecule has 0 aromatic heterocycles. The quantitative estimate of drug-likeness (QED) is 0.351. The second kappa shape index (κ2) is 12.3. The summed E-state index contributed by atoms with van der Waals surface area (Å²) in [6.07, 6.45) is 4.90. The van der Waals surface area contributed by atoms with Crippen LogP contribution in [0.1, 0.15) is 50.5 Å². The molecule has 1 fully saturated rings. The molecule has 0 radical (unpaired) electrons. The zero-order valence-corrected chi connectivity index (χ0v) is 16.5. The molecule has 3 N–H and O–H groups in total. The number of rotatable bonds is 9. The second-order valence-corrected chi connectivity index (χ2v) is 6.98. The van der Waals surface area contributed by atoms with Gasteiger partial charge in [0.05, 0.1) is 13.2 Å². The molecule has 1 aliphatic heterocycles. The minimum Gasteiger partial charge on any atom is -0.396 e. The number of hydrogen-bond donors (Lipinski definition) is 3. The highest BCUT2D eigenvalue weighted by molar-refractivity contribution is 5.79. The first kappa shape index (κ1) is 21.2. The molecule has 0 aliphatic carbocycles. The molecule has 1 aromatic carbocycles. The molecule has 1 aliphatic rings. The highest BCUT2D eigenvalue weighted by Crippen LogP contribution is 2.15. The average Bonchev–Trinajstić information content (AvgIpc) is 2.90. The molecule has 0 bridgehead atoms. The molecule has 0 saturated carbocycles. The van der Waals surface area contributed by atoms with Gasteiger partial charge in [-0.1, -0.05) is 36.8 Å². The van der Waals surface area contributed by atoms with Gasteiger partial charge in [-0.2, -0.15) is 0 Å². The summed E-state index contributed by atoms with van der Waals surface area (Å²) in [6.45, 7) is 5.88. The Hall–Kier alpha value is -2.08. The summed E-state index contributed by atoms with van der Waals surface area (Å²) in [6, 6.07) is 9.98. The lowest BCUT2D eigenvalue weighted by Crippen LogP contribution is -2.39. The fourth-order valence-corrected chi connectivity index (χ4v) is 3.29. The van der Waals surface area contributed by atoms with E-state index < -0.39 is 0 Å². The molecule has 1 heterocycles. The van der Waals surface area contributed by atoms with Crippen LogP contribution in [-0.2, 0) is 4.79 Å². The predicted molar refractivity (Wildman–Crippen MR) is 110 cm³/mol. The first-order chi connectivity index (χ1) is 13.2. The fraction of sp³-hybridized carbons (Fsp3) is 0.619. The van der Waals surface area contributed by atoms with Crippen molar-refractivity contribution >= 4 is 11.9 Å². The van der Waals surface area contributed by atoms with Crippen LogP contribution in [0.25, 0.3) is 0 Å². The van der Waals surface area contributed by atoms with Gasteiger partial charge in [-0.05, 0) is 31.7 Å². The van der Waals surface area contributed by atoms with Gasteiger partial charge in [-0.25, -0.2) is 0 Å². The smallest absolute Gasteiger partial charge is 0.222 e. The van der Waals surface area contributed by atoms with E-state index in [0.29, 0.717) is 18.9 Å². The lowest BCUT2D eigenvalue weighted by atomic mass is 10.0. The van der Waals surface area contributed by atoms with Crippen molar-refractivity contribution in [1.29, 1.82) is 0 Å². The molecular formula is C21H34N4O2. The van der Waals surface area contributed by atoms with Gasteiger partial charge in [0.25, 0.3) is 0 Å². The minimum absolute atomic E-state index is 0.00335. The van der Waals surface area contributed by atoms with E-state index in [1.807, 2.05) is 42.2 Å². The van der Waals surface area contributed by atoms with Crippen LogP contribution in [0.4, 0.5) is 0 Å². The van der Waals surface area contributed by atoms with Crippen LogP contribution in [0, 0.1) is 0 Å². The molecule has 2 rings (SSSR count). The molecule has 6 heteroatoms. The fourth-order valence-electron chi connectivity index (χ4n) is 3.29. The maximum absolute atomic E-state index is 12.0. The molecule has 1 amide bonds. The third-order valence-corrected chi connectivity index (χ3v) is 4.87. The van der Waals surface area contributed by atoms with Crippen molar-refractivity contribution in [2.45, 2.75) is 44.9 Å². The molecule has 0 spiro atoms. The van der Waals surface area contributed by atoms with E-state index in [1.165, 1.54) is 0 Å². The SMILES string of the molecule is CCNC(=NCC(CO)c1ccccc1)NCCCN1CCCCCC1=O. The van der Waals surface area contributed by atoms with Crippen molar-refractivity contribution in [2.75, 3.05) is 39.3 Å². The Balaban J connectivity index is 1.79. The summed E-state index contributed by atoms with van der Waals surface area (Å²) < 4.78 is 0. The van der Waals surface area contributed by atoms with Crippen LogP contribution in [0.15, 0.2) is 35.3 Å². The van der Waals surface area contributed by atoms with Gasteiger partial charge < -0.3 is 20.6 Å². The maximum Gasteiger partial charge on any atom is 0.222 e. The Morgan fingerprint density at radius 2 is 2.04 bits per heavy atom. The summed E-state index contributed by atoms with van der Waals surface area (Å²) in [7, 11) is 0. The van der Waals surface area contributed by atoms with Crippen LogP contribution in [-0.4, -0.2) is 61.2 Å². The lowest BCUT2D eigenvalue weighted by molar-refractivity contribution is -0.130. The number of carbonyl (C=O) groups excluding carboxylic acids is 1. The number of benzene rings is 1. The predicted octanol–water partition coefficient (Wildman–Crippen LogP) is 2.11. The third-order valence-electron chi connectivity index (χ3n) is 4.87. The van der Waals surface area contributed by atoms with Crippen molar-refractivity contribution in [3.05, 3.63) is 35.9 Å². The first-order valence-electron chi connectivity index (χ1n) is 10.2. The maximum atomic E-state index is 12.0. The van der Waals surface area contributed by atoms with Crippen LogP contribution < -0.4 is 10.6 Å². The van der Waals surface area contributed by atoms with E-state index in [9.17, 15) is 9.90 Å². The molecule has 1 saturated heterocycles. The molecule has 6 nitrogen and oxygen atoms in total. The summed E-state index contributed by atoms with van der Waals surface area (Å²) in [5.41, 5.74) is 1.10. The van der Waals surface area contributed by atoms with Gasteiger partial charge in [-0.3, -0.25) is 9.79 Å². The van der Waals surface area contributed by atoms with E-state index in [1.54, 1.807) is 0 Å². The lowest BCUT2D eigenvalue weighted by Gasteiger charge is -2.21. The van der Waals surface area contributed by atoms with E-state index in [0.717, 1.165) is 63.4 Å². The number of nitrogens with one attached hydrogen (secondary N) is 2. The normalized spacial score (nSPS) is 16.7. The molecule has 27 heavy (non-hydrogen) atoms. The van der Waals surface area contributed by atoms with Crippen LogP contribution in [0.5, 0.6) is 0 Å². The molecular weight excluding hydrogens is 340 g/mol. The van der Waals surface area contributed by atoms with Crippen LogP contribution in [0.2, 0.25) is 0 Å². The number of likely N-dealkylation sites (tertiary alicyclic amines) is 1. The molecule has 1 unspecified atom stereocenters. The van der Waals surface area contributed by atoms with Gasteiger partial charge in [0, 0.05) is 38.5 Å². The van der Waals surface area contributed by atoms with Crippen LogP contribution >= 0.6 is 0 Å². The van der Waals surface area contributed by atoms with E-state index >= 15 is 0 Å². The number of hydrogen-bond acceptors (Lipinski definition) is 3. The van der Waals surface area contributed by atoms with Crippen molar-refractivity contribution in [1.82, 2.24) is 15.5 Å². The van der Waals surface area contributed by atoms with Gasteiger partial charge in [0.1, 0.15) is 0 Å². The number of aliphatic imine (C=N–C) groups is 1. The zero-order chi connectivity index (χ0) is 19.3. The second-order valence-electron chi connectivity index (χ2n) is 6.98. The van der Waals surface area contributed by atoms with Crippen molar-refractivity contribution < 1.29 is 9.90 Å². The zero-order valence-electron chi connectivity index (χ0n) is 16.5. The van der Waals surface area contributed by atoms with E-state index in [4.69, 9.17) is 0 Å². The van der Waals surface area contributed by atoms with Crippen molar-refractivity contribution in [3.8, 4) is 0 Å². The van der Waals surface area contributed by atoms with Crippen molar-refractivity contribution in [2.24, 2.45) is 4.99 Å². The Morgan fingerprint density at radius 3 is 2.78 bits per heavy atom. The summed E-state index contributed by atoms with van der Waals surface area (Å²) >= 11 is 0. The number of guanidine groups is 1. The Morgan fingerprint density at radius 1 is 1.22 bits per heavy atom. The number of amides is 1. The van der Waals surface area contributed by atoms with Crippen molar-refractivity contribution in [3.63, 3.8) is 0 Å². The third kappa shape index (κ3) is 7.59. The largest absolute Gasteiger partial charge is 0.396 e. The number of aliphatic hydroxyl groups is 1. The Kier molecular flexibility index (Phi) is 9.69. The van der Waals surface area contributed by atoms with Gasteiger partial charge >= 0.3 is 0 Å². The summed E-state index contributed by atoms with van der Waals surface area (Å²) in [5.74, 6) is 1.05. The van der Waals surface area contributed by atoms with Gasteiger partial charge in [-0.15, -0.1) is 0 Å². The average molecular weight is 375 g/mol. The summed E-state index contributed by atoms with van der Waals surface area (Å²) in [4.78, 5) is 18.7. The van der Waals surface area contributed by atoms with Crippen LogP contribution in [0.3, 0.4) is 0 Å². The standard InChI is InChI=1S/C21H34N4O2/c1-2-22-21(24-16-19(17-26)18-10-5-3-6-11-18)23-13-9-15-25-14-8-4-7-12-20(25)27/h3,5-6,10-11,19,26H,2,4,7-9,12-17H2,1H3,(H2,22,23,24). The Labute approximate surface area is 163 Å². The van der Waals surface area contributed by atoms with E-state index in [-0.39, 0.29) is 12.5 Å². The first-order valence-corrected chi connectivity index (χ1v) is 10.2. The Bertz CT molecular complexity index is 577. The van der Waals surface area contributed by atoms with Gasteiger partial charge in [0.15, 0.2) is 5.96 Å². The molecule has 1 atom stereocenters. The number of nitrogens with zero attached hydrogens (tertiary/aromatic N) is 2. The van der Waals surface area contributed by atoms with Gasteiger partial charge in [0.2, 0.25) is 5.91 Å². The number of carbonyl (C=O) groups is 1.